The summed E-state index contributed by atoms with van der Waals surface area (Å²) in [5.74, 6) is -0.166. The summed E-state index contributed by atoms with van der Waals surface area (Å²) < 4.78 is 15.2. The summed E-state index contributed by atoms with van der Waals surface area (Å²) in [5, 5.41) is 11.1. The Morgan fingerprint density at radius 2 is 2.10 bits per heavy atom. The minimum absolute atomic E-state index is 0.197. The van der Waals surface area contributed by atoms with Crippen molar-refractivity contribution >= 4 is 11.9 Å². The molecule has 1 unspecified atom stereocenters. The minimum Gasteiger partial charge on any atom is -0.480 e. The molecule has 0 radical (unpaired) electrons. The van der Waals surface area contributed by atoms with Gasteiger partial charge in [-0.15, -0.1) is 0 Å². The van der Waals surface area contributed by atoms with Gasteiger partial charge < -0.3 is 24.6 Å². The Morgan fingerprint density at radius 3 is 2.85 bits per heavy atom. The Bertz CT molecular complexity index is 516. The van der Waals surface area contributed by atoms with Gasteiger partial charge in [0, 0.05) is 0 Å². The van der Waals surface area contributed by atoms with Gasteiger partial charge in [-0.3, -0.25) is 4.79 Å². The van der Waals surface area contributed by atoms with E-state index < -0.39 is 12.6 Å². The molecule has 1 aliphatic heterocycles. The molecular weight excluding hydrogens is 266 g/mol. The summed E-state index contributed by atoms with van der Waals surface area (Å²) in [4.78, 5) is 21.8. The molecule has 20 heavy (non-hydrogen) atoms. The van der Waals surface area contributed by atoms with E-state index in [2.05, 4.69) is 5.32 Å². The number of carboxylic acids is 1. The highest BCUT2D eigenvalue weighted by atomic mass is 16.7. The fourth-order valence-electron chi connectivity index (χ4n) is 1.78. The molecule has 108 valence electrons. The Hall–Kier alpha value is -2.28. The smallest absolute Gasteiger partial charge is 0.329 e. The number of amides is 1. The van der Waals surface area contributed by atoms with Crippen molar-refractivity contribution in [2.75, 3.05) is 20.0 Å². The highest BCUT2D eigenvalue weighted by molar-refractivity contribution is 5.78. The molecule has 1 aliphatic rings. The van der Waals surface area contributed by atoms with Crippen LogP contribution in [0.2, 0.25) is 0 Å². The van der Waals surface area contributed by atoms with E-state index in [0.29, 0.717) is 11.5 Å². The van der Waals surface area contributed by atoms with Crippen LogP contribution in [0.3, 0.4) is 0 Å². The van der Waals surface area contributed by atoms with Crippen molar-refractivity contribution in [2.24, 2.45) is 0 Å². The third-order valence-corrected chi connectivity index (χ3v) is 2.73. The number of rotatable bonds is 6. The van der Waals surface area contributed by atoms with Crippen LogP contribution in [0, 0.1) is 0 Å². The average molecular weight is 281 g/mol. The van der Waals surface area contributed by atoms with Crippen molar-refractivity contribution in [3.8, 4) is 11.5 Å². The maximum atomic E-state index is 11.6. The van der Waals surface area contributed by atoms with Crippen molar-refractivity contribution < 1.29 is 28.9 Å². The van der Waals surface area contributed by atoms with Crippen LogP contribution in [-0.2, 0) is 14.3 Å². The lowest BCUT2D eigenvalue weighted by Gasteiger charge is -2.14. The zero-order valence-corrected chi connectivity index (χ0v) is 10.9. The molecule has 0 saturated heterocycles. The van der Waals surface area contributed by atoms with Crippen molar-refractivity contribution in [1.29, 1.82) is 0 Å². The monoisotopic (exact) mass is 281 g/mol. The molecule has 1 aromatic carbocycles. The van der Waals surface area contributed by atoms with E-state index >= 15 is 0 Å². The first-order valence-electron chi connectivity index (χ1n) is 6.04. The Kier molecular flexibility index (Phi) is 4.41. The number of hydrogen-bond acceptors (Lipinski definition) is 5. The molecule has 0 aromatic heterocycles. The van der Waals surface area contributed by atoms with Gasteiger partial charge in [-0.05, 0) is 24.6 Å². The van der Waals surface area contributed by atoms with E-state index in [4.69, 9.17) is 19.3 Å². The molecule has 0 bridgehead atoms. The molecule has 7 heteroatoms. The number of aliphatic carboxylic acids is 1. The number of carboxylic acid groups (broad SMARTS) is 1. The molecular formula is C13H15NO6. The van der Waals surface area contributed by atoms with Gasteiger partial charge in [0.1, 0.15) is 13.2 Å². The molecule has 7 nitrogen and oxygen atoms in total. The first-order chi connectivity index (χ1) is 9.56. The molecule has 1 aromatic rings. The second kappa shape index (κ2) is 6.25. The van der Waals surface area contributed by atoms with Crippen molar-refractivity contribution in [1.82, 2.24) is 5.32 Å². The van der Waals surface area contributed by atoms with E-state index in [1.165, 1.54) is 0 Å². The molecule has 1 amide bonds. The maximum Gasteiger partial charge on any atom is 0.329 e. The lowest BCUT2D eigenvalue weighted by Crippen LogP contribution is -2.30. The van der Waals surface area contributed by atoms with Gasteiger partial charge in [-0.2, -0.15) is 0 Å². The first-order valence-corrected chi connectivity index (χ1v) is 6.04. The number of hydrogen-bond donors (Lipinski definition) is 2. The number of ether oxygens (including phenoxy) is 3. The van der Waals surface area contributed by atoms with Gasteiger partial charge in [0.25, 0.3) is 0 Å². The van der Waals surface area contributed by atoms with Crippen molar-refractivity contribution in [3.05, 3.63) is 23.8 Å². The predicted octanol–water partition coefficient (Wildman–Crippen LogP) is 0.694. The third kappa shape index (κ3) is 3.61. The largest absolute Gasteiger partial charge is 0.480 e. The van der Waals surface area contributed by atoms with Crippen LogP contribution in [0.1, 0.15) is 18.5 Å². The van der Waals surface area contributed by atoms with Crippen LogP contribution in [0.15, 0.2) is 18.2 Å². The zero-order chi connectivity index (χ0) is 14.5. The van der Waals surface area contributed by atoms with Gasteiger partial charge in [0.2, 0.25) is 12.7 Å². The van der Waals surface area contributed by atoms with E-state index in [1.807, 2.05) is 13.0 Å². The standard InChI is InChI=1S/C13H15NO6/c1-8(14-12(15)5-18-6-13(16)17)9-2-3-10-11(4-9)20-7-19-10/h2-4,8H,5-7H2,1H3,(H,14,15)(H,16,17). The third-order valence-electron chi connectivity index (χ3n) is 2.73. The van der Waals surface area contributed by atoms with Crippen LogP contribution in [0.5, 0.6) is 11.5 Å². The normalized spacial score (nSPS) is 13.8. The van der Waals surface area contributed by atoms with E-state index in [1.54, 1.807) is 12.1 Å². The fraction of sp³-hybridized carbons (Fsp3) is 0.385. The lowest BCUT2D eigenvalue weighted by atomic mass is 10.1. The maximum absolute atomic E-state index is 11.6. The van der Waals surface area contributed by atoms with E-state index in [0.717, 1.165) is 5.56 Å². The Labute approximate surface area is 115 Å². The van der Waals surface area contributed by atoms with E-state index in [9.17, 15) is 9.59 Å². The van der Waals surface area contributed by atoms with Crippen molar-refractivity contribution in [3.63, 3.8) is 0 Å². The van der Waals surface area contributed by atoms with Gasteiger partial charge in [0.15, 0.2) is 11.5 Å². The molecule has 0 fully saturated rings. The number of nitrogens with one attached hydrogen (secondary N) is 1. The van der Waals surface area contributed by atoms with Gasteiger partial charge in [-0.25, -0.2) is 4.79 Å². The van der Waals surface area contributed by atoms with Crippen LogP contribution in [0.4, 0.5) is 0 Å². The van der Waals surface area contributed by atoms with Gasteiger partial charge in [0.05, 0.1) is 6.04 Å². The Balaban J connectivity index is 1.86. The zero-order valence-electron chi connectivity index (χ0n) is 10.9. The van der Waals surface area contributed by atoms with E-state index in [-0.39, 0.29) is 25.3 Å². The van der Waals surface area contributed by atoms with Gasteiger partial charge in [-0.1, -0.05) is 6.07 Å². The topological polar surface area (TPSA) is 94.1 Å². The molecule has 2 rings (SSSR count). The van der Waals surface area contributed by atoms with Crippen molar-refractivity contribution in [2.45, 2.75) is 13.0 Å². The summed E-state index contributed by atoms with van der Waals surface area (Å²) in [6.45, 7) is 1.22. The lowest BCUT2D eigenvalue weighted by molar-refractivity contribution is -0.143. The highest BCUT2D eigenvalue weighted by Gasteiger charge is 2.16. The summed E-state index contributed by atoms with van der Waals surface area (Å²) in [5.41, 5.74) is 0.862. The summed E-state index contributed by atoms with van der Waals surface area (Å²) in [6.07, 6.45) is 0. The second-order valence-corrected chi connectivity index (χ2v) is 4.29. The van der Waals surface area contributed by atoms with Crippen LogP contribution in [0.25, 0.3) is 0 Å². The molecule has 1 atom stereocenters. The van der Waals surface area contributed by atoms with Gasteiger partial charge >= 0.3 is 5.97 Å². The highest BCUT2D eigenvalue weighted by Crippen LogP contribution is 2.34. The second-order valence-electron chi connectivity index (χ2n) is 4.29. The summed E-state index contributed by atoms with van der Waals surface area (Å²) in [7, 11) is 0. The minimum atomic E-state index is -1.11. The summed E-state index contributed by atoms with van der Waals surface area (Å²) in [6, 6.07) is 5.16. The molecule has 1 heterocycles. The SMILES string of the molecule is CC(NC(=O)COCC(=O)O)c1ccc2c(c1)OCO2. The average Bonchev–Trinajstić information content (AvgIpc) is 2.85. The van der Waals surface area contributed by atoms with Crippen LogP contribution >= 0.6 is 0 Å². The number of carbonyl (C=O) groups excluding carboxylic acids is 1. The predicted molar refractivity (Wildman–Crippen MR) is 67.6 cm³/mol. The Morgan fingerprint density at radius 1 is 1.35 bits per heavy atom. The number of benzene rings is 1. The number of carbonyl (C=O) groups is 2. The first kappa shape index (κ1) is 14.1. The number of fused-ring (bicyclic) bond motifs is 1. The molecule has 0 aliphatic carbocycles. The molecule has 0 saturated carbocycles. The quantitative estimate of drug-likeness (QED) is 0.797. The van der Waals surface area contributed by atoms with Crippen LogP contribution < -0.4 is 14.8 Å². The van der Waals surface area contributed by atoms with Crippen LogP contribution in [-0.4, -0.2) is 37.0 Å². The molecule has 0 spiro atoms. The summed E-state index contributed by atoms with van der Waals surface area (Å²) >= 11 is 0. The fourth-order valence-corrected chi connectivity index (χ4v) is 1.78. The molecule has 2 N–H and O–H groups in total.